The third-order valence-corrected chi connectivity index (χ3v) is 4.13. The van der Waals surface area contributed by atoms with Crippen molar-refractivity contribution in [2.45, 2.75) is 6.92 Å². The molecule has 0 amide bonds. The van der Waals surface area contributed by atoms with Gasteiger partial charge in [0.15, 0.2) is 0 Å². The van der Waals surface area contributed by atoms with Crippen LogP contribution in [0.1, 0.15) is 12.5 Å². The molecule has 1 aliphatic heterocycles. The molecule has 6 nitrogen and oxygen atoms in total. The molecule has 0 unspecified atom stereocenters. The highest BCUT2D eigenvalue weighted by atomic mass is 35.5. The van der Waals surface area contributed by atoms with Gasteiger partial charge in [0.25, 0.3) is 0 Å². The number of ether oxygens (including phenoxy) is 2. The van der Waals surface area contributed by atoms with Crippen LogP contribution in [0.25, 0.3) is 17.2 Å². The maximum absolute atomic E-state index is 11.5. The van der Waals surface area contributed by atoms with Gasteiger partial charge in [-0.1, -0.05) is 18.2 Å². The molecule has 1 aliphatic rings. The maximum Gasteiger partial charge on any atom is 0.330 e. The van der Waals surface area contributed by atoms with E-state index in [-0.39, 0.29) is 11.3 Å². The van der Waals surface area contributed by atoms with Gasteiger partial charge in [0.1, 0.15) is 5.82 Å². The number of hydrogen-bond acceptors (Lipinski definition) is 6. The van der Waals surface area contributed by atoms with Gasteiger partial charge in [0, 0.05) is 30.9 Å². The van der Waals surface area contributed by atoms with Gasteiger partial charge in [0.05, 0.1) is 19.8 Å². The van der Waals surface area contributed by atoms with Gasteiger partial charge in [-0.05, 0) is 41.8 Å². The molecule has 0 atom stereocenters. The van der Waals surface area contributed by atoms with Crippen LogP contribution >= 0.6 is 11.6 Å². The summed E-state index contributed by atoms with van der Waals surface area (Å²) in [6.45, 7) is 4.95. The molecule has 7 heteroatoms. The lowest BCUT2D eigenvalue weighted by molar-refractivity contribution is -0.137. The number of benzene rings is 1. The van der Waals surface area contributed by atoms with Crippen molar-refractivity contribution in [2.75, 3.05) is 37.8 Å². The summed E-state index contributed by atoms with van der Waals surface area (Å²) in [5.41, 5.74) is 2.73. The molecule has 1 aromatic carbocycles. The SMILES string of the molecule is CCOC(=O)/C=C/c1cccc(-c2cnc(Cl)nc2N2CCOCC2)c1. The van der Waals surface area contributed by atoms with Gasteiger partial charge >= 0.3 is 5.97 Å². The minimum Gasteiger partial charge on any atom is -0.463 e. The van der Waals surface area contributed by atoms with Crippen molar-refractivity contribution < 1.29 is 14.3 Å². The Bertz CT molecular complexity index is 804. The van der Waals surface area contributed by atoms with E-state index in [1.165, 1.54) is 6.08 Å². The molecule has 2 heterocycles. The second kappa shape index (κ2) is 8.78. The summed E-state index contributed by atoms with van der Waals surface area (Å²) >= 11 is 6.03. The molecule has 0 aliphatic carbocycles. The van der Waals surface area contributed by atoms with Gasteiger partial charge in [-0.25, -0.2) is 9.78 Å². The zero-order valence-electron chi connectivity index (χ0n) is 14.5. The number of halogens is 1. The Hall–Kier alpha value is -2.44. The third-order valence-electron chi connectivity index (χ3n) is 3.95. The van der Waals surface area contributed by atoms with Crippen molar-refractivity contribution in [1.29, 1.82) is 0 Å². The minimum absolute atomic E-state index is 0.216. The summed E-state index contributed by atoms with van der Waals surface area (Å²) in [5, 5.41) is 0.216. The summed E-state index contributed by atoms with van der Waals surface area (Å²) in [7, 11) is 0. The topological polar surface area (TPSA) is 64.5 Å². The largest absolute Gasteiger partial charge is 0.463 e. The molecular formula is C19H20ClN3O3. The highest BCUT2D eigenvalue weighted by Crippen LogP contribution is 2.30. The average Bonchev–Trinajstić information content (AvgIpc) is 2.67. The first-order chi connectivity index (χ1) is 12.7. The standard InChI is InChI=1S/C19H20ClN3O3/c1-2-26-17(24)7-6-14-4-3-5-15(12-14)16-13-21-19(20)22-18(16)23-8-10-25-11-9-23/h3-7,12-13H,2,8-11H2,1H3/b7-6+. The van der Waals surface area contributed by atoms with Crippen molar-refractivity contribution in [3.8, 4) is 11.1 Å². The van der Waals surface area contributed by atoms with E-state index < -0.39 is 0 Å². The zero-order chi connectivity index (χ0) is 18.4. The van der Waals surface area contributed by atoms with Crippen LogP contribution in [0.5, 0.6) is 0 Å². The summed E-state index contributed by atoms with van der Waals surface area (Å²) in [6.07, 6.45) is 4.88. The van der Waals surface area contributed by atoms with Crippen LogP contribution in [-0.2, 0) is 14.3 Å². The number of hydrogen-bond donors (Lipinski definition) is 0. The van der Waals surface area contributed by atoms with Crippen molar-refractivity contribution in [3.63, 3.8) is 0 Å². The van der Waals surface area contributed by atoms with Gasteiger partial charge in [-0.2, -0.15) is 4.98 Å². The van der Waals surface area contributed by atoms with Gasteiger partial charge < -0.3 is 14.4 Å². The fraction of sp³-hybridized carbons (Fsp3) is 0.316. The first-order valence-electron chi connectivity index (χ1n) is 8.48. The Morgan fingerprint density at radius 1 is 1.38 bits per heavy atom. The Labute approximate surface area is 157 Å². The molecule has 0 bridgehead atoms. The van der Waals surface area contributed by atoms with Gasteiger partial charge in [-0.3, -0.25) is 0 Å². The lowest BCUT2D eigenvalue weighted by Gasteiger charge is -2.29. The molecule has 0 spiro atoms. The predicted molar refractivity (Wildman–Crippen MR) is 101 cm³/mol. The lowest BCUT2D eigenvalue weighted by Crippen LogP contribution is -2.37. The normalized spacial score (nSPS) is 14.6. The Kier molecular flexibility index (Phi) is 6.20. The summed E-state index contributed by atoms with van der Waals surface area (Å²) in [5.74, 6) is 0.432. The second-order valence-electron chi connectivity index (χ2n) is 5.69. The van der Waals surface area contributed by atoms with E-state index in [1.807, 2.05) is 24.3 Å². The number of morpholine rings is 1. The third kappa shape index (κ3) is 4.59. The molecule has 26 heavy (non-hydrogen) atoms. The van der Waals surface area contributed by atoms with E-state index in [2.05, 4.69) is 14.9 Å². The molecule has 2 aromatic rings. The van der Waals surface area contributed by atoms with Gasteiger partial charge in [-0.15, -0.1) is 0 Å². The monoisotopic (exact) mass is 373 g/mol. The summed E-state index contributed by atoms with van der Waals surface area (Å²) < 4.78 is 10.3. The lowest BCUT2D eigenvalue weighted by atomic mass is 10.0. The molecule has 3 rings (SSSR count). The molecule has 136 valence electrons. The first-order valence-corrected chi connectivity index (χ1v) is 8.85. The smallest absolute Gasteiger partial charge is 0.330 e. The number of aromatic nitrogens is 2. The summed E-state index contributed by atoms with van der Waals surface area (Å²) in [4.78, 5) is 22.2. The zero-order valence-corrected chi connectivity index (χ0v) is 15.3. The van der Waals surface area contributed by atoms with Crippen LogP contribution in [0, 0.1) is 0 Å². The van der Waals surface area contributed by atoms with Gasteiger partial charge in [0.2, 0.25) is 5.28 Å². The van der Waals surface area contributed by atoms with Crippen molar-refractivity contribution in [3.05, 3.63) is 47.4 Å². The molecule has 1 fully saturated rings. The highest BCUT2D eigenvalue weighted by molar-refractivity contribution is 6.28. The molecule has 1 aromatic heterocycles. The Morgan fingerprint density at radius 2 is 2.19 bits per heavy atom. The Balaban J connectivity index is 1.91. The average molecular weight is 374 g/mol. The number of carbonyl (C=O) groups excluding carboxylic acids is 1. The molecule has 0 N–H and O–H groups in total. The van der Waals surface area contributed by atoms with Crippen LogP contribution < -0.4 is 4.90 Å². The first kappa shape index (κ1) is 18.4. The van der Waals surface area contributed by atoms with E-state index in [9.17, 15) is 4.79 Å². The van der Waals surface area contributed by atoms with Crippen molar-refractivity contribution >= 4 is 29.5 Å². The van der Waals surface area contributed by atoms with E-state index in [1.54, 1.807) is 19.2 Å². The fourth-order valence-corrected chi connectivity index (χ4v) is 2.87. The number of esters is 1. The van der Waals surface area contributed by atoms with Crippen molar-refractivity contribution in [2.24, 2.45) is 0 Å². The summed E-state index contributed by atoms with van der Waals surface area (Å²) in [6, 6.07) is 7.81. The highest BCUT2D eigenvalue weighted by Gasteiger charge is 2.18. The van der Waals surface area contributed by atoms with E-state index >= 15 is 0 Å². The predicted octanol–water partition coefficient (Wildman–Crippen LogP) is 3.21. The molecule has 1 saturated heterocycles. The Morgan fingerprint density at radius 3 is 2.96 bits per heavy atom. The quantitative estimate of drug-likeness (QED) is 0.455. The second-order valence-corrected chi connectivity index (χ2v) is 6.02. The molecular weight excluding hydrogens is 354 g/mol. The van der Waals surface area contributed by atoms with Crippen LogP contribution in [0.15, 0.2) is 36.5 Å². The number of carbonyl (C=O) groups is 1. The van der Waals surface area contributed by atoms with Crippen LogP contribution in [0.4, 0.5) is 5.82 Å². The number of nitrogens with zero attached hydrogens (tertiary/aromatic N) is 3. The number of rotatable bonds is 5. The number of anilines is 1. The maximum atomic E-state index is 11.5. The minimum atomic E-state index is -0.360. The van der Waals surface area contributed by atoms with Crippen LogP contribution in [0.2, 0.25) is 5.28 Å². The molecule has 0 radical (unpaired) electrons. The van der Waals surface area contributed by atoms with Crippen molar-refractivity contribution in [1.82, 2.24) is 9.97 Å². The van der Waals surface area contributed by atoms with Crippen LogP contribution in [-0.4, -0.2) is 48.8 Å². The van der Waals surface area contributed by atoms with E-state index in [0.717, 1.165) is 35.6 Å². The molecule has 0 saturated carbocycles. The van der Waals surface area contributed by atoms with E-state index in [0.29, 0.717) is 19.8 Å². The fourth-order valence-electron chi connectivity index (χ4n) is 2.74. The van der Waals surface area contributed by atoms with Crippen LogP contribution in [0.3, 0.4) is 0 Å². The van der Waals surface area contributed by atoms with E-state index in [4.69, 9.17) is 21.1 Å².